The van der Waals surface area contributed by atoms with E-state index in [2.05, 4.69) is 10.4 Å². The molecule has 0 bridgehead atoms. The van der Waals surface area contributed by atoms with Crippen LogP contribution in [0.5, 0.6) is 0 Å². The van der Waals surface area contributed by atoms with Crippen molar-refractivity contribution in [3.8, 4) is 0 Å². The molecule has 1 aliphatic rings. The highest BCUT2D eigenvalue weighted by Crippen LogP contribution is 2.24. The van der Waals surface area contributed by atoms with Gasteiger partial charge < -0.3 is 15.3 Å². The van der Waals surface area contributed by atoms with Gasteiger partial charge in [0.25, 0.3) is 5.91 Å². The monoisotopic (exact) mass is 406 g/mol. The molecule has 2 amide bonds. The van der Waals surface area contributed by atoms with Gasteiger partial charge in [-0.15, -0.1) is 5.10 Å². The van der Waals surface area contributed by atoms with Crippen molar-refractivity contribution in [2.24, 2.45) is 5.10 Å². The van der Waals surface area contributed by atoms with Gasteiger partial charge in [0.15, 0.2) is 5.84 Å². The number of carboxylic acids is 1. The molecule has 2 N–H and O–H groups in total. The first kappa shape index (κ1) is 20.8. The van der Waals surface area contributed by atoms with Crippen LogP contribution in [-0.4, -0.2) is 42.8 Å². The molecule has 0 radical (unpaired) electrons. The average molecular weight is 406 g/mol. The number of anilines is 2. The molecule has 0 aromatic heterocycles. The molecule has 0 unspecified atom stereocenters. The van der Waals surface area contributed by atoms with Crippen molar-refractivity contribution in [1.29, 1.82) is 0 Å². The van der Waals surface area contributed by atoms with E-state index in [1.165, 1.54) is 5.01 Å². The largest absolute Gasteiger partial charge is 0.481 e. The molecule has 1 heterocycles. The number of carboxylic acid groups (broad SMARTS) is 1. The summed E-state index contributed by atoms with van der Waals surface area (Å²) in [6.07, 6.45) is 1.14. The number of benzene rings is 2. The number of hydrogen-bond donors (Lipinski definition) is 2. The Labute approximate surface area is 174 Å². The standard InChI is InChI=1S/C22H22N4O4/c1-25(2)16-10-8-15(9-11-16)14-18-21(23-19(27)12-13-20(28)29)24-26(22(18)30)17-6-4-3-5-7-17/h3-11,14H,12-13H2,1-2H3,(H,28,29)(H,23,24,27)/b18-14-. The number of hydrazone groups is 1. The maximum Gasteiger partial charge on any atom is 0.303 e. The van der Waals surface area contributed by atoms with E-state index in [9.17, 15) is 14.4 Å². The first-order chi connectivity index (χ1) is 14.3. The van der Waals surface area contributed by atoms with Crippen LogP contribution in [0.2, 0.25) is 0 Å². The van der Waals surface area contributed by atoms with Gasteiger partial charge in [0.05, 0.1) is 17.7 Å². The van der Waals surface area contributed by atoms with Crippen LogP contribution in [0.4, 0.5) is 11.4 Å². The number of nitrogens with one attached hydrogen (secondary N) is 1. The highest BCUT2D eigenvalue weighted by atomic mass is 16.4. The molecule has 8 nitrogen and oxygen atoms in total. The summed E-state index contributed by atoms with van der Waals surface area (Å²) in [5, 5.41) is 16.8. The van der Waals surface area contributed by atoms with Crippen molar-refractivity contribution in [3.63, 3.8) is 0 Å². The van der Waals surface area contributed by atoms with Crippen molar-refractivity contribution < 1.29 is 19.5 Å². The van der Waals surface area contributed by atoms with Crippen LogP contribution in [0.15, 0.2) is 65.3 Å². The van der Waals surface area contributed by atoms with Crippen molar-refractivity contribution in [2.45, 2.75) is 12.8 Å². The van der Waals surface area contributed by atoms with Crippen molar-refractivity contribution in [1.82, 2.24) is 5.32 Å². The maximum atomic E-state index is 13.0. The van der Waals surface area contributed by atoms with Gasteiger partial charge in [-0.1, -0.05) is 30.3 Å². The molecule has 8 heteroatoms. The van der Waals surface area contributed by atoms with E-state index in [0.717, 1.165) is 11.3 Å². The van der Waals surface area contributed by atoms with E-state index in [-0.39, 0.29) is 30.2 Å². The van der Waals surface area contributed by atoms with Crippen LogP contribution in [-0.2, 0) is 14.4 Å². The predicted octanol–water partition coefficient (Wildman–Crippen LogP) is 2.48. The zero-order valence-electron chi connectivity index (χ0n) is 16.7. The van der Waals surface area contributed by atoms with E-state index in [4.69, 9.17) is 5.11 Å². The Balaban J connectivity index is 1.91. The molecule has 0 saturated carbocycles. The second-order valence-corrected chi connectivity index (χ2v) is 6.89. The lowest BCUT2D eigenvalue weighted by molar-refractivity contribution is -0.138. The third kappa shape index (κ3) is 4.91. The number of rotatable bonds is 6. The van der Waals surface area contributed by atoms with Crippen molar-refractivity contribution in [2.75, 3.05) is 24.0 Å². The molecule has 1 aliphatic heterocycles. The molecular weight excluding hydrogens is 384 g/mol. The van der Waals surface area contributed by atoms with Crippen LogP contribution in [0.1, 0.15) is 18.4 Å². The lowest BCUT2D eigenvalue weighted by Gasteiger charge is -2.12. The minimum Gasteiger partial charge on any atom is -0.481 e. The zero-order valence-corrected chi connectivity index (χ0v) is 16.7. The summed E-state index contributed by atoms with van der Waals surface area (Å²) in [7, 11) is 3.87. The highest BCUT2D eigenvalue weighted by molar-refractivity contribution is 6.34. The van der Waals surface area contributed by atoms with E-state index in [1.807, 2.05) is 49.3 Å². The van der Waals surface area contributed by atoms with E-state index in [1.54, 1.807) is 30.3 Å². The lowest BCUT2D eigenvalue weighted by atomic mass is 10.1. The fraction of sp³-hybridized carbons (Fsp3) is 0.182. The Bertz CT molecular complexity index is 1010. The van der Waals surface area contributed by atoms with Gasteiger partial charge in [-0.3, -0.25) is 14.4 Å². The van der Waals surface area contributed by atoms with Gasteiger partial charge in [0, 0.05) is 26.2 Å². The Morgan fingerprint density at radius 2 is 1.73 bits per heavy atom. The number of carbonyl (C=O) groups excluding carboxylic acids is 2. The third-order valence-electron chi connectivity index (χ3n) is 4.42. The summed E-state index contributed by atoms with van der Waals surface area (Å²) >= 11 is 0. The minimum atomic E-state index is -1.07. The van der Waals surface area contributed by atoms with Gasteiger partial charge in [-0.05, 0) is 35.9 Å². The number of amidine groups is 1. The van der Waals surface area contributed by atoms with Crippen molar-refractivity contribution in [3.05, 3.63) is 65.7 Å². The smallest absolute Gasteiger partial charge is 0.303 e. The number of nitrogens with zero attached hydrogens (tertiary/aromatic N) is 3. The molecule has 30 heavy (non-hydrogen) atoms. The molecule has 0 saturated heterocycles. The summed E-state index contributed by atoms with van der Waals surface area (Å²) in [6.45, 7) is 0. The SMILES string of the molecule is CN(C)c1ccc(/C=C2\C(=O)N(c3ccccc3)N=C2NC(=O)CCC(=O)O)cc1. The van der Waals surface area contributed by atoms with Gasteiger partial charge in [-0.25, -0.2) is 0 Å². The Kier molecular flexibility index (Phi) is 6.26. The normalized spacial score (nSPS) is 14.6. The number of aliphatic carboxylic acids is 1. The maximum absolute atomic E-state index is 13.0. The highest BCUT2D eigenvalue weighted by Gasteiger charge is 2.32. The molecule has 154 valence electrons. The molecule has 0 spiro atoms. The van der Waals surface area contributed by atoms with Gasteiger partial charge in [0.1, 0.15) is 0 Å². The van der Waals surface area contributed by atoms with Crippen LogP contribution in [0, 0.1) is 0 Å². The van der Waals surface area contributed by atoms with Gasteiger partial charge >= 0.3 is 5.97 Å². The van der Waals surface area contributed by atoms with Crippen LogP contribution >= 0.6 is 0 Å². The van der Waals surface area contributed by atoms with Crippen LogP contribution in [0.3, 0.4) is 0 Å². The fourth-order valence-electron chi connectivity index (χ4n) is 2.83. The molecule has 2 aromatic carbocycles. The summed E-state index contributed by atoms with van der Waals surface area (Å²) in [6, 6.07) is 16.4. The number of hydrogen-bond acceptors (Lipinski definition) is 5. The number of amides is 2. The van der Waals surface area contributed by atoms with E-state index < -0.39 is 11.9 Å². The molecule has 0 atom stereocenters. The minimum absolute atomic E-state index is 0.0935. The Morgan fingerprint density at radius 3 is 2.33 bits per heavy atom. The Morgan fingerprint density at radius 1 is 1.07 bits per heavy atom. The second-order valence-electron chi connectivity index (χ2n) is 6.89. The molecule has 2 aromatic rings. The molecular formula is C22H22N4O4. The molecule has 0 aliphatic carbocycles. The first-order valence-electron chi connectivity index (χ1n) is 9.34. The van der Waals surface area contributed by atoms with Gasteiger partial charge in [-0.2, -0.15) is 5.01 Å². The second kappa shape index (κ2) is 9.04. The van der Waals surface area contributed by atoms with Crippen molar-refractivity contribution >= 4 is 41.1 Å². The summed E-state index contributed by atoms with van der Waals surface area (Å²) in [5.74, 6) is -1.88. The lowest BCUT2D eigenvalue weighted by Crippen LogP contribution is -2.31. The average Bonchev–Trinajstić information content (AvgIpc) is 3.03. The van der Waals surface area contributed by atoms with E-state index >= 15 is 0 Å². The first-order valence-corrected chi connectivity index (χ1v) is 9.34. The number of carbonyl (C=O) groups is 3. The topological polar surface area (TPSA) is 102 Å². The molecule has 3 rings (SSSR count). The number of para-hydroxylation sites is 1. The fourth-order valence-corrected chi connectivity index (χ4v) is 2.83. The summed E-state index contributed by atoms with van der Waals surface area (Å²) in [5.41, 5.74) is 2.56. The van der Waals surface area contributed by atoms with Gasteiger partial charge in [0.2, 0.25) is 5.91 Å². The zero-order chi connectivity index (χ0) is 21.7. The van der Waals surface area contributed by atoms with Crippen LogP contribution < -0.4 is 15.2 Å². The summed E-state index contributed by atoms with van der Waals surface area (Å²) in [4.78, 5) is 37.9. The predicted molar refractivity (Wildman–Crippen MR) is 115 cm³/mol. The van der Waals surface area contributed by atoms with Crippen LogP contribution in [0.25, 0.3) is 6.08 Å². The quantitative estimate of drug-likeness (QED) is 0.718. The summed E-state index contributed by atoms with van der Waals surface area (Å²) < 4.78 is 0. The third-order valence-corrected chi connectivity index (χ3v) is 4.42. The van der Waals surface area contributed by atoms with E-state index in [0.29, 0.717) is 5.69 Å². The molecule has 0 fully saturated rings. The Hall–Kier alpha value is -3.94.